The van der Waals surface area contributed by atoms with Crippen LogP contribution in [0.15, 0.2) is 29.4 Å². The first-order valence-electron chi connectivity index (χ1n) is 7.09. The largest absolute Gasteiger partial charge is 0.444 e. The maximum absolute atomic E-state index is 12.0. The molecule has 1 aromatic heterocycles. The van der Waals surface area contributed by atoms with Crippen LogP contribution in [0.3, 0.4) is 0 Å². The van der Waals surface area contributed by atoms with Crippen molar-refractivity contribution in [3.8, 4) is 0 Å². The SMILES string of the molecule is C[C@H](NC(=O)OC(C)(C)C)[C@H](O)CNS(=O)(=O)c1ccccn1. The van der Waals surface area contributed by atoms with Gasteiger partial charge in [-0.15, -0.1) is 0 Å². The number of aromatic nitrogens is 1. The molecule has 0 unspecified atom stereocenters. The molecule has 0 fully saturated rings. The van der Waals surface area contributed by atoms with Crippen molar-refractivity contribution in [3.63, 3.8) is 0 Å². The summed E-state index contributed by atoms with van der Waals surface area (Å²) < 4.78 is 31.3. The van der Waals surface area contributed by atoms with Gasteiger partial charge >= 0.3 is 6.09 Å². The van der Waals surface area contributed by atoms with E-state index in [-0.39, 0.29) is 11.6 Å². The molecular weight excluding hydrogens is 322 g/mol. The smallest absolute Gasteiger partial charge is 0.407 e. The molecule has 0 saturated heterocycles. The molecule has 0 aliphatic carbocycles. The van der Waals surface area contributed by atoms with Crippen molar-refractivity contribution in [1.29, 1.82) is 0 Å². The fraction of sp³-hybridized carbons (Fsp3) is 0.571. The molecular formula is C14H23N3O5S. The normalized spacial score (nSPS) is 14.8. The Morgan fingerprint density at radius 2 is 2.04 bits per heavy atom. The standard InChI is InChI=1S/C14H23N3O5S/c1-10(17-13(19)22-14(2,3)4)11(18)9-16-23(20,21)12-7-5-6-8-15-12/h5-8,10-11,16,18H,9H2,1-4H3,(H,17,19)/t10-,11+/m0/s1. The van der Waals surface area contributed by atoms with Crippen LogP contribution in [0.4, 0.5) is 4.79 Å². The fourth-order valence-corrected chi connectivity index (χ4v) is 2.54. The first kappa shape index (κ1) is 19.3. The lowest BCUT2D eigenvalue weighted by molar-refractivity contribution is 0.0441. The zero-order chi connectivity index (χ0) is 17.7. The average molecular weight is 345 g/mol. The molecule has 130 valence electrons. The molecule has 1 aromatic rings. The summed E-state index contributed by atoms with van der Waals surface area (Å²) in [6, 6.07) is 3.79. The Balaban J connectivity index is 2.53. The summed E-state index contributed by atoms with van der Waals surface area (Å²) in [6.45, 7) is 6.43. The lowest BCUT2D eigenvalue weighted by atomic mass is 10.2. The molecule has 2 atom stereocenters. The lowest BCUT2D eigenvalue weighted by Gasteiger charge is -2.24. The number of ether oxygens (including phenoxy) is 1. The Bertz CT molecular complexity index is 613. The molecule has 9 heteroatoms. The lowest BCUT2D eigenvalue weighted by Crippen LogP contribution is -2.47. The van der Waals surface area contributed by atoms with Crippen LogP contribution < -0.4 is 10.0 Å². The number of nitrogens with zero attached hydrogens (tertiary/aromatic N) is 1. The number of pyridine rings is 1. The van der Waals surface area contributed by atoms with Crippen LogP contribution in [0.2, 0.25) is 0 Å². The van der Waals surface area contributed by atoms with E-state index in [9.17, 15) is 18.3 Å². The van der Waals surface area contributed by atoms with Crippen molar-refractivity contribution >= 4 is 16.1 Å². The zero-order valence-electron chi connectivity index (χ0n) is 13.6. The molecule has 1 heterocycles. The first-order valence-corrected chi connectivity index (χ1v) is 8.58. The predicted molar refractivity (Wildman–Crippen MR) is 84.3 cm³/mol. The van der Waals surface area contributed by atoms with E-state index in [0.717, 1.165) is 0 Å². The number of alkyl carbamates (subject to hydrolysis) is 1. The van der Waals surface area contributed by atoms with Crippen molar-refractivity contribution in [2.45, 2.75) is 50.5 Å². The first-order chi connectivity index (χ1) is 10.5. The van der Waals surface area contributed by atoms with Crippen LogP contribution in [0.1, 0.15) is 27.7 Å². The van der Waals surface area contributed by atoms with Crippen LogP contribution in [0, 0.1) is 0 Å². The third-order valence-corrected chi connectivity index (χ3v) is 4.06. The average Bonchev–Trinajstić information content (AvgIpc) is 2.43. The van der Waals surface area contributed by atoms with E-state index in [2.05, 4.69) is 15.0 Å². The number of aliphatic hydroxyl groups is 1. The number of nitrogens with one attached hydrogen (secondary N) is 2. The molecule has 1 rings (SSSR count). The highest BCUT2D eigenvalue weighted by Crippen LogP contribution is 2.07. The Kier molecular flexibility index (Phi) is 6.48. The summed E-state index contributed by atoms with van der Waals surface area (Å²) in [7, 11) is -3.81. The predicted octanol–water partition coefficient (Wildman–Crippen LogP) is 0.634. The van der Waals surface area contributed by atoms with Crippen molar-refractivity contribution in [2.24, 2.45) is 0 Å². The summed E-state index contributed by atoms with van der Waals surface area (Å²) in [5, 5.41) is 12.3. The van der Waals surface area contributed by atoms with Crippen LogP contribution in [0.25, 0.3) is 0 Å². The van der Waals surface area contributed by atoms with E-state index in [1.165, 1.54) is 12.3 Å². The van der Waals surface area contributed by atoms with Gasteiger partial charge in [0.25, 0.3) is 10.0 Å². The molecule has 0 aliphatic rings. The van der Waals surface area contributed by atoms with Crippen molar-refractivity contribution in [3.05, 3.63) is 24.4 Å². The van der Waals surface area contributed by atoms with Gasteiger partial charge in [0.1, 0.15) is 5.60 Å². The summed E-state index contributed by atoms with van der Waals surface area (Å²) in [5.41, 5.74) is -0.657. The van der Waals surface area contributed by atoms with E-state index in [0.29, 0.717) is 0 Å². The van der Waals surface area contributed by atoms with E-state index in [1.807, 2.05) is 0 Å². The Labute approximate surface area is 136 Å². The Morgan fingerprint density at radius 1 is 1.39 bits per heavy atom. The van der Waals surface area contributed by atoms with Crippen LogP contribution in [-0.4, -0.2) is 48.9 Å². The van der Waals surface area contributed by atoms with Crippen LogP contribution in [-0.2, 0) is 14.8 Å². The minimum Gasteiger partial charge on any atom is -0.444 e. The van der Waals surface area contributed by atoms with Gasteiger partial charge in [-0.25, -0.2) is 22.9 Å². The Hall–Kier alpha value is -1.71. The topological polar surface area (TPSA) is 118 Å². The molecule has 8 nitrogen and oxygen atoms in total. The summed E-state index contributed by atoms with van der Waals surface area (Å²) in [5.74, 6) is 0. The molecule has 0 aromatic carbocycles. The number of sulfonamides is 1. The number of hydrogen-bond acceptors (Lipinski definition) is 6. The number of rotatable bonds is 6. The molecule has 0 bridgehead atoms. The molecule has 0 aliphatic heterocycles. The van der Waals surface area contributed by atoms with Gasteiger partial charge in [0.15, 0.2) is 5.03 Å². The fourth-order valence-electron chi connectivity index (χ4n) is 1.54. The maximum Gasteiger partial charge on any atom is 0.407 e. The minimum absolute atomic E-state index is 0.139. The third kappa shape index (κ3) is 6.93. The second-order valence-electron chi connectivity index (χ2n) is 6.02. The Morgan fingerprint density at radius 3 is 2.57 bits per heavy atom. The van der Waals surface area contributed by atoms with Crippen LogP contribution >= 0.6 is 0 Å². The quantitative estimate of drug-likeness (QED) is 0.696. The van der Waals surface area contributed by atoms with E-state index < -0.39 is 33.9 Å². The van der Waals surface area contributed by atoms with Gasteiger partial charge < -0.3 is 15.2 Å². The van der Waals surface area contributed by atoms with Gasteiger partial charge in [0.05, 0.1) is 12.1 Å². The minimum atomic E-state index is -3.81. The van der Waals surface area contributed by atoms with Gasteiger partial charge in [0, 0.05) is 12.7 Å². The molecule has 0 radical (unpaired) electrons. The van der Waals surface area contributed by atoms with Gasteiger partial charge in [0.2, 0.25) is 0 Å². The van der Waals surface area contributed by atoms with Gasteiger partial charge in [-0.2, -0.15) is 0 Å². The molecule has 0 saturated carbocycles. The molecule has 1 amide bonds. The van der Waals surface area contributed by atoms with E-state index >= 15 is 0 Å². The highest BCUT2D eigenvalue weighted by molar-refractivity contribution is 7.89. The number of hydrogen-bond donors (Lipinski definition) is 3. The van der Waals surface area contributed by atoms with Crippen LogP contribution in [0.5, 0.6) is 0 Å². The number of aliphatic hydroxyl groups excluding tert-OH is 1. The highest BCUT2D eigenvalue weighted by atomic mass is 32.2. The summed E-state index contributed by atoms with van der Waals surface area (Å²) in [4.78, 5) is 15.3. The van der Waals surface area contributed by atoms with Gasteiger partial charge in [-0.3, -0.25) is 0 Å². The van der Waals surface area contributed by atoms with Gasteiger partial charge in [-0.1, -0.05) is 6.07 Å². The summed E-state index contributed by atoms with van der Waals surface area (Å²) >= 11 is 0. The third-order valence-electron chi connectivity index (χ3n) is 2.72. The highest BCUT2D eigenvalue weighted by Gasteiger charge is 2.23. The van der Waals surface area contributed by atoms with E-state index in [1.54, 1.807) is 39.8 Å². The van der Waals surface area contributed by atoms with E-state index in [4.69, 9.17) is 4.74 Å². The maximum atomic E-state index is 12.0. The second-order valence-corrected chi connectivity index (χ2v) is 7.74. The van der Waals surface area contributed by atoms with Crippen molar-refractivity contribution < 1.29 is 23.1 Å². The van der Waals surface area contributed by atoms with Gasteiger partial charge in [-0.05, 0) is 39.8 Å². The number of amides is 1. The number of carbonyl (C=O) groups excluding carboxylic acids is 1. The molecule has 0 spiro atoms. The monoisotopic (exact) mass is 345 g/mol. The molecule has 23 heavy (non-hydrogen) atoms. The summed E-state index contributed by atoms with van der Waals surface area (Å²) in [6.07, 6.45) is -0.449. The van der Waals surface area contributed by atoms with Crippen molar-refractivity contribution in [1.82, 2.24) is 15.0 Å². The van der Waals surface area contributed by atoms with Crippen molar-refractivity contribution in [2.75, 3.05) is 6.54 Å². The second kappa shape index (κ2) is 7.71. The number of carbonyl (C=O) groups is 1. The zero-order valence-corrected chi connectivity index (χ0v) is 14.4. The molecule has 3 N–H and O–H groups in total.